The van der Waals surface area contributed by atoms with Gasteiger partial charge in [0.15, 0.2) is 0 Å². The number of carbonyl (C=O) groups is 1. The summed E-state index contributed by atoms with van der Waals surface area (Å²) in [5, 5.41) is 6.65. The fraction of sp³-hybridized carbons (Fsp3) is 0.562. The summed E-state index contributed by atoms with van der Waals surface area (Å²) >= 11 is 0. The number of hydrogen-bond donors (Lipinski definition) is 2. The van der Waals surface area contributed by atoms with E-state index in [0.29, 0.717) is 25.2 Å². The molecule has 1 aromatic rings. The van der Waals surface area contributed by atoms with Crippen LogP contribution in [0.25, 0.3) is 0 Å². The van der Waals surface area contributed by atoms with E-state index >= 15 is 0 Å². The number of nitrogens with zero attached hydrogens (tertiary/aromatic N) is 1. The molecule has 108 valence electrons. The Morgan fingerprint density at radius 3 is 2.85 bits per heavy atom. The van der Waals surface area contributed by atoms with E-state index in [-0.39, 0.29) is 5.91 Å². The average Bonchev–Trinajstić information content (AvgIpc) is 2.81. The van der Waals surface area contributed by atoms with Gasteiger partial charge in [-0.3, -0.25) is 9.69 Å². The molecule has 2 atom stereocenters. The van der Waals surface area contributed by atoms with Crippen molar-refractivity contribution in [1.29, 1.82) is 0 Å². The van der Waals surface area contributed by atoms with Crippen LogP contribution in [0.5, 0.6) is 0 Å². The van der Waals surface area contributed by atoms with Crippen molar-refractivity contribution in [2.45, 2.75) is 37.9 Å². The Labute approximate surface area is 120 Å². The van der Waals surface area contributed by atoms with Gasteiger partial charge in [0.2, 0.25) is 5.91 Å². The standard InChI is InChI=1S/C16H23N3O/c20-16(17-10-13-4-2-1-3-5-13)12-19-9-8-14-6-7-15(11-19)18-14/h1-5,14-15,18H,6-12H2,(H,17,20). The lowest BCUT2D eigenvalue weighted by molar-refractivity contribution is -0.122. The fourth-order valence-corrected chi connectivity index (χ4v) is 3.21. The van der Waals surface area contributed by atoms with E-state index in [1.54, 1.807) is 0 Å². The lowest BCUT2D eigenvalue weighted by Crippen LogP contribution is -2.41. The van der Waals surface area contributed by atoms with E-state index in [9.17, 15) is 4.79 Å². The van der Waals surface area contributed by atoms with Gasteiger partial charge < -0.3 is 10.6 Å². The molecule has 3 rings (SSSR count). The van der Waals surface area contributed by atoms with Gasteiger partial charge in [-0.25, -0.2) is 0 Å². The maximum Gasteiger partial charge on any atom is 0.234 e. The van der Waals surface area contributed by atoms with Crippen molar-refractivity contribution < 1.29 is 4.79 Å². The zero-order chi connectivity index (χ0) is 13.8. The van der Waals surface area contributed by atoms with E-state index in [4.69, 9.17) is 0 Å². The molecule has 4 nitrogen and oxygen atoms in total. The molecule has 0 saturated carbocycles. The minimum atomic E-state index is 0.131. The van der Waals surface area contributed by atoms with Gasteiger partial charge in [0, 0.05) is 31.7 Å². The molecule has 0 radical (unpaired) electrons. The van der Waals surface area contributed by atoms with Crippen LogP contribution in [0, 0.1) is 0 Å². The fourth-order valence-electron chi connectivity index (χ4n) is 3.21. The molecule has 2 bridgehead atoms. The Morgan fingerprint density at radius 2 is 2.00 bits per heavy atom. The summed E-state index contributed by atoms with van der Waals surface area (Å²) in [6, 6.07) is 11.3. The Hall–Kier alpha value is -1.39. The number of hydrogen-bond acceptors (Lipinski definition) is 3. The van der Waals surface area contributed by atoms with Gasteiger partial charge in [0.05, 0.1) is 6.54 Å². The second-order valence-electron chi connectivity index (χ2n) is 5.92. The van der Waals surface area contributed by atoms with Gasteiger partial charge in [-0.05, 0) is 24.8 Å². The molecule has 0 spiro atoms. The Balaban J connectivity index is 1.44. The summed E-state index contributed by atoms with van der Waals surface area (Å²) in [6.07, 6.45) is 3.73. The third-order valence-electron chi connectivity index (χ3n) is 4.31. The number of fused-ring (bicyclic) bond motifs is 2. The van der Waals surface area contributed by atoms with Gasteiger partial charge in [-0.1, -0.05) is 30.3 Å². The number of rotatable bonds is 4. The van der Waals surface area contributed by atoms with Gasteiger partial charge in [-0.15, -0.1) is 0 Å². The molecule has 2 aliphatic rings. The highest BCUT2D eigenvalue weighted by Gasteiger charge is 2.29. The summed E-state index contributed by atoms with van der Waals surface area (Å²) in [5.41, 5.74) is 1.15. The van der Waals surface area contributed by atoms with Crippen molar-refractivity contribution in [3.8, 4) is 0 Å². The molecule has 2 aliphatic heterocycles. The summed E-state index contributed by atoms with van der Waals surface area (Å²) in [7, 11) is 0. The Morgan fingerprint density at radius 1 is 1.20 bits per heavy atom. The van der Waals surface area contributed by atoms with Crippen LogP contribution in [0.2, 0.25) is 0 Å². The molecule has 0 aliphatic carbocycles. The van der Waals surface area contributed by atoms with Crippen molar-refractivity contribution >= 4 is 5.91 Å². The van der Waals surface area contributed by atoms with Crippen molar-refractivity contribution in [3.63, 3.8) is 0 Å². The van der Waals surface area contributed by atoms with Crippen molar-refractivity contribution in [2.75, 3.05) is 19.6 Å². The van der Waals surface area contributed by atoms with Crippen LogP contribution in [0.3, 0.4) is 0 Å². The predicted octanol–water partition coefficient (Wildman–Crippen LogP) is 1.13. The zero-order valence-electron chi connectivity index (χ0n) is 11.8. The first kappa shape index (κ1) is 13.6. The molecule has 0 aromatic heterocycles. The maximum atomic E-state index is 12.0. The van der Waals surface area contributed by atoms with Gasteiger partial charge in [-0.2, -0.15) is 0 Å². The van der Waals surface area contributed by atoms with Crippen LogP contribution in [-0.2, 0) is 11.3 Å². The highest BCUT2D eigenvalue weighted by atomic mass is 16.2. The molecule has 1 amide bonds. The zero-order valence-corrected chi connectivity index (χ0v) is 11.8. The second kappa shape index (κ2) is 6.37. The van der Waals surface area contributed by atoms with Gasteiger partial charge in [0.25, 0.3) is 0 Å². The maximum absolute atomic E-state index is 12.0. The van der Waals surface area contributed by atoms with Crippen LogP contribution >= 0.6 is 0 Å². The SMILES string of the molecule is O=C(CN1CCC2CCC(C1)N2)NCc1ccccc1. The Kier molecular flexibility index (Phi) is 4.33. The monoisotopic (exact) mass is 273 g/mol. The van der Waals surface area contributed by atoms with E-state index in [1.165, 1.54) is 19.3 Å². The third-order valence-corrected chi connectivity index (χ3v) is 4.31. The smallest absolute Gasteiger partial charge is 0.234 e. The summed E-state index contributed by atoms with van der Waals surface area (Å²) in [4.78, 5) is 14.3. The molecule has 20 heavy (non-hydrogen) atoms. The first-order valence-electron chi connectivity index (χ1n) is 7.58. The molecule has 4 heteroatoms. The minimum Gasteiger partial charge on any atom is -0.351 e. The predicted molar refractivity (Wildman–Crippen MR) is 79.3 cm³/mol. The molecule has 2 saturated heterocycles. The molecule has 2 heterocycles. The van der Waals surface area contributed by atoms with Crippen molar-refractivity contribution in [1.82, 2.24) is 15.5 Å². The average molecular weight is 273 g/mol. The van der Waals surface area contributed by atoms with Crippen LogP contribution in [0.1, 0.15) is 24.8 Å². The molecule has 2 fully saturated rings. The summed E-state index contributed by atoms with van der Waals surface area (Å²) in [6.45, 7) is 3.19. The normalized spacial score (nSPS) is 26.2. The first-order valence-corrected chi connectivity index (χ1v) is 7.58. The van der Waals surface area contributed by atoms with Crippen LogP contribution < -0.4 is 10.6 Å². The minimum absolute atomic E-state index is 0.131. The molecular weight excluding hydrogens is 250 g/mol. The Bertz CT molecular complexity index is 448. The van der Waals surface area contributed by atoms with Crippen molar-refractivity contribution in [3.05, 3.63) is 35.9 Å². The molecular formula is C16H23N3O. The van der Waals surface area contributed by atoms with Gasteiger partial charge >= 0.3 is 0 Å². The van der Waals surface area contributed by atoms with E-state index in [1.807, 2.05) is 30.3 Å². The highest BCUT2D eigenvalue weighted by molar-refractivity contribution is 5.78. The van der Waals surface area contributed by atoms with E-state index < -0.39 is 0 Å². The van der Waals surface area contributed by atoms with Crippen LogP contribution in [0.15, 0.2) is 30.3 Å². The van der Waals surface area contributed by atoms with E-state index in [2.05, 4.69) is 15.5 Å². The number of likely N-dealkylation sites (tertiary alicyclic amines) is 1. The number of nitrogens with one attached hydrogen (secondary N) is 2. The number of benzene rings is 1. The lowest BCUT2D eigenvalue weighted by Gasteiger charge is -2.23. The van der Waals surface area contributed by atoms with Crippen molar-refractivity contribution in [2.24, 2.45) is 0 Å². The van der Waals surface area contributed by atoms with E-state index in [0.717, 1.165) is 18.7 Å². The quantitative estimate of drug-likeness (QED) is 0.864. The topological polar surface area (TPSA) is 44.4 Å². The number of amides is 1. The molecule has 2 N–H and O–H groups in total. The largest absolute Gasteiger partial charge is 0.351 e. The lowest BCUT2D eigenvalue weighted by atomic mass is 10.1. The first-order chi connectivity index (χ1) is 9.79. The molecule has 2 unspecified atom stereocenters. The van der Waals surface area contributed by atoms with Crippen LogP contribution in [-0.4, -0.2) is 42.5 Å². The van der Waals surface area contributed by atoms with Gasteiger partial charge in [0.1, 0.15) is 0 Å². The number of carbonyl (C=O) groups excluding carboxylic acids is 1. The summed E-state index contributed by atoms with van der Waals surface area (Å²) in [5.74, 6) is 0.131. The second-order valence-corrected chi connectivity index (χ2v) is 5.92. The third kappa shape index (κ3) is 3.58. The van der Waals surface area contributed by atoms with Crippen LogP contribution in [0.4, 0.5) is 0 Å². The summed E-state index contributed by atoms with van der Waals surface area (Å²) < 4.78 is 0. The molecule has 1 aromatic carbocycles. The highest BCUT2D eigenvalue weighted by Crippen LogP contribution is 2.19.